The maximum atomic E-state index is 6.01. The molecule has 1 saturated heterocycles. The van der Waals surface area contributed by atoms with E-state index in [1.54, 1.807) is 0 Å². The second kappa shape index (κ2) is 5.15. The van der Waals surface area contributed by atoms with E-state index >= 15 is 0 Å². The monoisotopic (exact) mass is 253 g/mol. The summed E-state index contributed by atoms with van der Waals surface area (Å²) >= 11 is 6.01. The third-order valence-electron chi connectivity index (χ3n) is 3.42. The van der Waals surface area contributed by atoms with E-state index in [1.165, 1.54) is 19.5 Å². The van der Waals surface area contributed by atoms with Gasteiger partial charge in [-0.15, -0.1) is 0 Å². The normalized spacial score (nSPS) is 20.8. The van der Waals surface area contributed by atoms with Crippen molar-refractivity contribution in [3.63, 3.8) is 0 Å². The lowest BCUT2D eigenvalue weighted by molar-refractivity contribution is 0.396. The van der Waals surface area contributed by atoms with Gasteiger partial charge in [0.1, 0.15) is 0 Å². The van der Waals surface area contributed by atoms with E-state index < -0.39 is 0 Å². The lowest BCUT2D eigenvalue weighted by Crippen LogP contribution is -2.27. The highest BCUT2D eigenvalue weighted by molar-refractivity contribution is 6.31. The van der Waals surface area contributed by atoms with E-state index in [1.807, 2.05) is 18.2 Å². The van der Waals surface area contributed by atoms with Crippen molar-refractivity contribution in [1.82, 2.24) is 4.90 Å². The summed E-state index contributed by atoms with van der Waals surface area (Å²) in [5, 5.41) is 0.740. The SMILES string of the molecule is CN1CCC(CN(C)c2cc(Cl)ccc2N)C1. The van der Waals surface area contributed by atoms with Gasteiger partial charge in [-0.05, 0) is 44.1 Å². The van der Waals surface area contributed by atoms with Gasteiger partial charge in [0.2, 0.25) is 0 Å². The number of halogens is 1. The van der Waals surface area contributed by atoms with Gasteiger partial charge in [-0.3, -0.25) is 0 Å². The number of hydrogen-bond donors (Lipinski definition) is 1. The zero-order valence-corrected chi connectivity index (χ0v) is 11.2. The Hall–Kier alpha value is -0.930. The molecule has 1 heterocycles. The average Bonchev–Trinajstić information content (AvgIpc) is 2.67. The molecule has 1 unspecified atom stereocenters. The topological polar surface area (TPSA) is 32.5 Å². The van der Waals surface area contributed by atoms with Crippen molar-refractivity contribution in [2.45, 2.75) is 6.42 Å². The molecule has 1 aliphatic rings. The largest absolute Gasteiger partial charge is 0.397 e. The van der Waals surface area contributed by atoms with Crippen LogP contribution < -0.4 is 10.6 Å². The van der Waals surface area contributed by atoms with Gasteiger partial charge in [-0.1, -0.05) is 11.6 Å². The molecule has 0 saturated carbocycles. The molecule has 0 aromatic heterocycles. The fraction of sp³-hybridized carbons (Fsp3) is 0.538. The minimum absolute atomic E-state index is 0.725. The quantitative estimate of drug-likeness (QED) is 0.840. The van der Waals surface area contributed by atoms with Gasteiger partial charge in [0, 0.05) is 25.2 Å². The van der Waals surface area contributed by atoms with E-state index in [9.17, 15) is 0 Å². The first-order valence-corrected chi connectivity index (χ1v) is 6.39. The Morgan fingerprint density at radius 2 is 2.29 bits per heavy atom. The number of nitrogens with zero attached hydrogens (tertiary/aromatic N) is 2. The van der Waals surface area contributed by atoms with Crippen LogP contribution in [-0.2, 0) is 0 Å². The van der Waals surface area contributed by atoms with Crippen molar-refractivity contribution in [2.75, 3.05) is 44.4 Å². The van der Waals surface area contributed by atoms with E-state index in [0.717, 1.165) is 28.9 Å². The Bertz CT molecular complexity index is 394. The van der Waals surface area contributed by atoms with Crippen LogP contribution in [0.5, 0.6) is 0 Å². The van der Waals surface area contributed by atoms with Gasteiger partial charge in [0.15, 0.2) is 0 Å². The summed E-state index contributed by atoms with van der Waals surface area (Å²) in [6.07, 6.45) is 1.27. The zero-order valence-electron chi connectivity index (χ0n) is 10.5. The van der Waals surface area contributed by atoms with Crippen LogP contribution in [0.2, 0.25) is 5.02 Å². The molecule has 0 amide bonds. The molecule has 94 valence electrons. The van der Waals surface area contributed by atoms with Gasteiger partial charge in [-0.2, -0.15) is 0 Å². The van der Waals surface area contributed by atoms with Crippen molar-refractivity contribution < 1.29 is 0 Å². The summed E-state index contributed by atoms with van der Waals surface area (Å²) in [6.45, 7) is 3.41. The molecule has 2 N–H and O–H groups in total. The predicted molar refractivity (Wildman–Crippen MR) is 74.7 cm³/mol. The maximum absolute atomic E-state index is 6.01. The molecule has 0 aliphatic carbocycles. The molecular formula is C13H20ClN3. The minimum atomic E-state index is 0.725. The molecule has 1 aromatic carbocycles. The molecule has 0 bridgehead atoms. The second-order valence-corrected chi connectivity index (χ2v) is 5.44. The van der Waals surface area contributed by atoms with Gasteiger partial charge in [0.25, 0.3) is 0 Å². The number of benzene rings is 1. The van der Waals surface area contributed by atoms with Crippen LogP contribution in [0.15, 0.2) is 18.2 Å². The fourth-order valence-corrected chi connectivity index (χ4v) is 2.67. The molecule has 17 heavy (non-hydrogen) atoms. The summed E-state index contributed by atoms with van der Waals surface area (Å²) in [7, 11) is 4.26. The Balaban J connectivity index is 2.04. The number of hydrogen-bond acceptors (Lipinski definition) is 3. The van der Waals surface area contributed by atoms with Crippen molar-refractivity contribution in [1.29, 1.82) is 0 Å². The Morgan fingerprint density at radius 1 is 1.53 bits per heavy atom. The van der Waals surface area contributed by atoms with Crippen LogP contribution >= 0.6 is 11.6 Å². The zero-order chi connectivity index (χ0) is 12.4. The molecule has 1 atom stereocenters. The van der Waals surface area contributed by atoms with Gasteiger partial charge >= 0.3 is 0 Å². The molecular weight excluding hydrogens is 234 g/mol. The Kier molecular flexibility index (Phi) is 3.79. The first kappa shape index (κ1) is 12.5. The highest BCUT2D eigenvalue weighted by atomic mass is 35.5. The van der Waals surface area contributed by atoms with Crippen molar-refractivity contribution in [3.05, 3.63) is 23.2 Å². The third kappa shape index (κ3) is 3.05. The molecule has 2 rings (SSSR count). The molecule has 0 radical (unpaired) electrons. The van der Waals surface area contributed by atoms with Gasteiger partial charge in [-0.25, -0.2) is 0 Å². The van der Waals surface area contributed by atoms with Crippen LogP contribution in [0.4, 0.5) is 11.4 Å². The number of anilines is 2. The number of nitrogen functional groups attached to an aromatic ring is 1. The van der Waals surface area contributed by atoms with E-state index in [0.29, 0.717) is 0 Å². The van der Waals surface area contributed by atoms with Crippen LogP contribution in [0, 0.1) is 5.92 Å². The summed E-state index contributed by atoms with van der Waals surface area (Å²) in [5.41, 5.74) is 7.81. The highest BCUT2D eigenvalue weighted by Crippen LogP contribution is 2.27. The van der Waals surface area contributed by atoms with E-state index in [2.05, 4.69) is 23.9 Å². The smallest absolute Gasteiger partial charge is 0.0612 e. The first-order valence-electron chi connectivity index (χ1n) is 6.01. The van der Waals surface area contributed by atoms with Crippen LogP contribution in [0.1, 0.15) is 6.42 Å². The summed E-state index contributed by atoms with van der Waals surface area (Å²) < 4.78 is 0. The van der Waals surface area contributed by atoms with Crippen LogP contribution in [0.3, 0.4) is 0 Å². The standard InChI is InChI=1S/C13H20ClN3/c1-16-6-5-10(8-16)9-17(2)13-7-11(14)3-4-12(13)15/h3-4,7,10H,5-6,8-9,15H2,1-2H3. The molecule has 0 spiro atoms. The second-order valence-electron chi connectivity index (χ2n) is 5.00. The minimum Gasteiger partial charge on any atom is -0.397 e. The summed E-state index contributed by atoms with van der Waals surface area (Å²) in [5.74, 6) is 0.725. The Labute approximate surface area is 108 Å². The lowest BCUT2D eigenvalue weighted by atomic mass is 10.1. The molecule has 4 heteroatoms. The van der Waals surface area contributed by atoms with E-state index in [4.69, 9.17) is 17.3 Å². The number of nitrogens with two attached hydrogens (primary N) is 1. The maximum Gasteiger partial charge on any atom is 0.0612 e. The average molecular weight is 254 g/mol. The van der Waals surface area contributed by atoms with Crippen molar-refractivity contribution in [3.8, 4) is 0 Å². The van der Waals surface area contributed by atoms with Crippen LogP contribution in [0.25, 0.3) is 0 Å². The third-order valence-corrected chi connectivity index (χ3v) is 3.66. The van der Waals surface area contributed by atoms with Crippen molar-refractivity contribution >= 4 is 23.0 Å². The number of rotatable bonds is 3. The van der Waals surface area contributed by atoms with Crippen LogP contribution in [-0.4, -0.2) is 38.6 Å². The van der Waals surface area contributed by atoms with Gasteiger partial charge in [0.05, 0.1) is 11.4 Å². The molecule has 1 aliphatic heterocycles. The summed E-state index contributed by atoms with van der Waals surface area (Å²) in [6, 6.07) is 5.64. The predicted octanol–water partition coefficient (Wildman–Crippen LogP) is 2.31. The van der Waals surface area contributed by atoms with E-state index in [-0.39, 0.29) is 0 Å². The lowest BCUT2D eigenvalue weighted by Gasteiger charge is -2.24. The van der Waals surface area contributed by atoms with Crippen molar-refractivity contribution in [2.24, 2.45) is 5.92 Å². The molecule has 1 aromatic rings. The summed E-state index contributed by atoms with van der Waals surface area (Å²) in [4.78, 5) is 4.59. The fourth-order valence-electron chi connectivity index (χ4n) is 2.51. The highest BCUT2D eigenvalue weighted by Gasteiger charge is 2.21. The number of likely N-dealkylation sites (tertiary alicyclic amines) is 1. The Morgan fingerprint density at radius 3 is 2.94 bits per heavy atom. The molecule has 1 fully saturated rings. The van der Waals surface area contributed by atoms with Gasteiger partial charge < -0.3 is 15.5 Å². The first-order chi connectivity index (χ1) is 8.06. The molecule has 3 nitrogen and oxygen atoms in total.